The van der Waals surface area contributed by atoms with E-state index in [1.165, 1.54) is 0 Å². The zero-order valence-electron chi connectivity index (χ0n) is 11.5. The molecule has 0 heterocycles. The highest BCUT2D eigenvalue weighted by atomic mass is 35.5. The predicted molar refractivity (Wildman–Crippen MR) is 84.5 cm³/mol. The third kappa shape index (κ3) is 3.52. The number of carbonyl (C=O) groups excluding carboxylic acids is 1. The van der Waals surface area contributed by atoms with Gasteiger partial charge in [-0.25, -0.2) is 0 Å². The lowest BCUT2D eigenvalue weighted by molar-refractivity contribution is -0.114. The van der Waals surface area contributed by atoms with Crippen LogP contribution in [0.2, 0.25) is 5.02 Å². The van der Waals surface area contributed by atoms with Crippen LogP contribution in [0.5, 0.6) is 0 Å². The Kier molecular flexibility index (Phi) is 4.64. The first-order chi connectivity index (χ1) is 9.58. The van der Waals surface area contributed by atoms with E-state index < -0.39 is 0 Å². The molecule has 0 aromatic heterocycles. The second-order valence-electron chi connectivity index (χ2n) is 4.63. The second-order valence-corrected chi connectivity index (χ2v) is 5.04. The number of nitrogens with one attached hydrogen (secondary N) is 2. The van der Waals surface area contributed by atoms with Crippen molar-refractivity contribution in [2.45, 2.75) is 13.8 Å². The van der Waals surface area contributed by atoms with Crippen molar-refractivity contribution in [3.8, 4) is 0 Å². The molecule has 0 unspecified atom stereocenters. The van der Waals surface area contributed by atoms with E-state index in [9.17, 15) is 4.79 Å². The van der Waals surface area contributed by atoms with Gasteiger partial charge < -0.3 is 10.6 Å². The molecule has 104 valence electrons. The Morgan fingerprint density at radius 3 is 2.50 bits per heavy atom. The van der Waals surface area contributed by atoms with Gasteiger partial charge in [-0.3, -0.25) is 4.79 Å². The molecule has 0 atom stereocenters. The van der Waals surface area contributed by atoms with Crippen molar-refractivity contribution in [3.63, 3.8) is 0 Å². The van der Waals surface area contributed by atoms with Gasteiger partial charge in [0.25, 0.3) is 0 Å². The zero-order valence-corrected chi connectivity index (χ0v) is 12.3. The number of halogens is 1. The van der Waals surface area contributed by atoms with Crippen molar-refractivity contribution >= 4 is 28.9 Å². The summed E-state index contributed by atoms with van der Waals surface area (Å²) in [7, 11) is 0. The monoisotopic (exact) mass is 288 g/mol. The summed E-state index contributed by atoms with van der Waals surface area (Å²) < 4.78 is 0. The standard InChI is InChI=1S/C16H17ClN2O/c1-11-6-3-4-8-14(11)18-10-16(20)19-15-9-5-7-13(17)12(15)2/h3-9,18H,10H2,1-2H3,(H,19,20). The molecule has 2 N–H and O–H groups in total. The molecule has 0 bridgehead atoms. The van der Waals surface area contributed by atoms with Crippen LogP contribution in [-0.2, 0) is 4.79 Å². The van der Waals surface area contributed by atoms with Crippen molar-refractivity contribution < 1.29 is 4.79 Å². The van der Waals surface area contributed by atoms with Crippen molar-refractivity contribution in [3.05, 3.63) is 58.6 Å². The first-order valence-corrected chi connectivity index (χ1v) is 6.80. The number of para-hydroxylation sites is 1. The maximum atomic E-state index is 11.9. The third-order valence-electron chi connectivity index (χ3n) is 3.13. The van der Waals surface area contributed by atoms with E-state index in [-0.39, 0.29) is 12.5 Å². The topological polar surface area (TPSA) is 41.1 Å². The number of aryl methyl sites for hydroxylation is 1. The molecule has 0 radical (unpaired) electrons. The van der Waals surface area contributed by atoms with E-state index in [1.54, 1.807) is 6.07 Å². The number of hydrogen-bond acceptors (Lipinski definition) is 2. The molecule has 0 saturated carbocycles. The van der Waals surface area contributed by atoms with Gasteiger partial charge in [-0.1, -0.05) is 35.9 Å². The average Bonchev–Trinajstić information content (AvgIpc) is 2.43. The largest absolute Gasteiger partial charge is 0.376 e. The van der Waals surface area contributed by atoms with Gasteiger partial charge in [0.2, 0.25) is 5.91 Å². The lowest BCUT2D eigenvalue weighted by atomic mass is 10.2. The molecule has 2 rings (SSSR count). The average molecular weight is 289 g/mol. The minimum Gasteiger partial charge on any atom is -0.376 e. The number of benzene rings is 2. The minimum atomic E-state index is -0.0985. The second kappa shape index (κ2) is 6.44. The quantitative estimate of drug-likeness (QED) is 0.892. The summed E-state index contributed by atoms with van der Waals surface area (Å²) in [6, 6.07) is 13.3. The van der Waals surface area contributed by atoms with E-state index >= 15 is 0 Å². The molecule has 4 heteroatoms. The summed E-state index contributed by atoms with van der Waals surface area (Å²) in [5, 5.41) is 6.62. The van der Waals surface area contributed by atoms with Crippen LogP contribution < -0.4 is 10.6 Å². The fraction of sp³-hybridized carbons (Fsp3) is 0.188. The predicted octanol–water partition coefficient (Wildman–Crippen LogP) is 4.01. The van der Waals surface area contributed by atoms with Gasteiger partial charge in [-0.05, 0) is 43.2 Å². The lowest BCUT2D eigenvalue weighted by Gasteiger charge is -2.11. The van der Waals surface area contributed by atoms with Crippen LogP contribution in [0, 0.1) is 13.8 Å². The molecule has 2 aromatic rings. The molecule has 2 aromatic carbocycles. The SMILES string of the molecule is Cc1ccccc1NCC(=O)Nc1cccc(Cl)c1C. The summed E-state index contributed by atoms with van der Waals surface area (Å²) in [5.41, 5.74) is 3.69. The van der Waals surface area contributed by atoms with E-state index in [4.69, 9.17) is 11.6 Å². The lowest BCUT2D eigenvalue weighted by Crippen LogP contribution is -2.22. The maximum absolute atomic E-state index is 11.9. The summed E-state index contributed by atoms with van der Waals surface area (Å²) in [6.07, 6.45) is 0. The molecule has 0 fully saturated rings. The van der Waals surface area contributed by atoms with Gasteiger partial charge in [0.1, 0.15) is 0 Å². The molecule has 1 amide bonds. The first kappa shape index (κ1) is 14.4. The Bertz CT molecular complexity index is 626. The molecule has 3 nitrogen and oxygen atoms in total. The highest BCUT2D eigenvalue weighted by molar-refractivity contribution is 6.31. The van der Waals surface area contributed by atoms with E-state index in [1.807, 2.05) is 50.2 Å². The normalized spacial score (nSPS) is 10.2. The van der Waals surface area contributed by atoms with Gasteiger partial charge in [-0.15, -0.1) is 0 Å². The van der Waals surface area contributed by atoms with E-state index in [0.717, 1.165) is 22.5 Å². The van der Waals surface area contributed by atoms with Crippen LogP contribution in [0.25, 0.3) is 0 Å². The number of rotatable bonds is 4. The van der Waals surface area contributed by atoms with Crippen molar-refractivity contribution in [2.75, 3.05) is 17.2 Å². The highest BCUT2D eigenvalue weighted by Crippen LogP contribution is 2.22. The Hall–Kier alpha value is -2.00. The number of carbonyl (C=O) groups is 1. The van der Waals surface area contributed by atoms with E-state index in [0.29, 0.717) is 5.02 Å². The molecule has 20 heavy (non-hydrogen) atoms. The molecular formula is C16H17ClN2O. The molecule has 0 aliphatic carbocycles. The summed E-state index contributed by atoms with van der Waals surface area (Å²) in [6.45, 7) is 4.10. The Morgan fingerprint density at radius 1 is 1.05 bits per heavy atom. The van der Waals surface area contributed by atoms with Crippen molar-refractivity contribution in [1.82, 2.24) is 0 Å². The van der Waals surface area contributed by atoms with Gasteiger partial charge in [-0.2, -0.15) is 0 Å². The smallest absolute Gasteiger partial charge is 0.243 e. The van der Waals surface area contributed by atoms with Crippen LogP contribution >= 0.6 is 11.6 Å². The number of hydrogen-bond donors (Lipinski definition) is 2. The first-order valence-electron chi connectivity index (χ1n) is 6.42. The minimum absolute atomic E-state index is 0.0985. The van der Waals surface area contributed by atoms with Crippen molar-refractivity contribution in [2.24, 2.45) is 0 Å². The summed E-state index contributed by atoms with van der Waals surface area (Å²) in [4.78, 5) is 11.9. The Balaban J connectivity index is 1.96. The highest BCUT2D eigenvalue weighted by Gasteiger charge is 2.07. The number of anilines is 2. The zero-order chi connectivity index (χ0) is 14.5. The van der Waals surface area contributed by atoms with Crippen LogP contribution in [-0.4, -0.2) is 12.5 Å². The van der Waals surface area contributed by atoms with Gasteiger partial charge in [0.15, 0.2) is 0 Å². The molecule has 0 aliphatic heterocycles. The summed E-state index contributed by atoms with van der Waals surface area (Å²) in [5.74, 6) is -0.0985. The van der Waals surface area contributed by atoms with Crippen LogP contribution in [0.3, 0.4) is 0 Å². The Morgan fingerprint density at radius 2 is 1.75 bits per heavy atom. The molecule has 0 saturated heterocycles. The van der Waals surface area contributed by atoms with E-state index in [2.05, 4.69) is 10.6 Å². The van der Waals surface area contributed by atoms with Crippen molar-refractivity contribution in [1.29, 1.82) is 0 Å². The summed E-state index contributed by atoms with van der Waals surface area (Å²) >= 11 is 6.02. The van der Waals surface area contributed by atoms with Crippen LogP contribution in [0.4, 0.5) is 11.4 Å². The van der Waals surface area contributed by atoms with Gasteiger partial charge >= 0.3 is 0 Å². The molecule has 0 spiro atoms. The van der Waals surface area contributed by atoms with Gasteiger partial charge in [0.05, 0.1) is 6.54 Å². The molecular weight excluding hydrogens is 272 g/mol. The fourth-order valence-corrected chi connectivity index (χ4v) is 2.06. The number of amides is 1. The van der Waals surface area contributed by atoms with Gasteiger partial charge in [0, 0.05) is 16.4 Å². The molecule has 0 aliphatic rings. The fourth-order valence-electron chi connectivity index (χ4n) is 1.88. The Labute approximate surface area is 124 Å². The third-order valence-corrected chi connectivity index (χ3v) is 3.54. The van der Waals surface area contributed by atoms with Crippen LogP contribution in [0.15, 0.2) is 42.5 Å². The maximum Gasteiger partial charge on any atom is 0.243 e. The van der Waals surface area contributed by atoms with Crippen LogP contribution in [0.1, 0.15) is 11.1 Å².